The smallest absolute Gasteiger partial charge is 0.279 e. The highest BCUT2D eigenvalue weighted by Gasteiger charge is 2.28. The van der Waals surface area contributed by atoms with Gasteiger partial charge in [-0.1, -0.05) is 38.1 Å². The minimum Gasteiger partial charge on any atom is -0.323 e. The highest BCUT2D eigenvalue weighted by atomic mass is 32.2. The maximum atomic E-state index is 12.6. The molecule has 30 heavy (non-hydrogen) atoms. The van der Waals surface area contributed by atoms with E-state index in [0.29, 0.717) is 31.4 Å². The largest absolute Gasteiger partial charge is 0.323 e. The van der Waals surface area contributed by atoms with Crippen LogP contribution in [-0.2, 0) is 21.2 Å². The quantitative estimate of drug-likeness (QED) is 0.675. The van der Waals surface area contributed by atoms with E-state index in [1.165, 1.54) is 20.3 Å². The van der Waals surface area contributed by atoms with Gasteiger partial charge in [-0.3, -0.25) is 4.79 Å². The van der Waals surface area contributed by atoms with Crippen molar-refractivity contribution in [2.45, 2.75) is 44.0 Å². The molecule has 0 aliphatic heterocycles. The average molecular weight is 431 g/mol. The summed E-state index contributed by atoms with van der Waals surface area (Å²) in [7, 11) is -1.43. The predicted molar refractivity (Wildman–Crippen MR) is 119 cm³/mol. The molecule has 162 valence electrons. The fourth-order valence-electron chi connectivity index (χ4n) is 4.27. The maximum Gasteiger partial charge on any atom is 0.279 e. The van der Waals surface area contributed by atoms with Crippen molar-refractivity contribution in [3.8, 4) is 0 Å². The van der Waals surface area contributed by atoms with E-state index in [2.05, 4.69) is 36.6 Å². The third-order valence-electron chi connectivity index (χ3n) is 5.88. The highest BCUT2D eigenvalue weighted by molar-refractivity contribution is 7.89. The van der Waals surface area contributed by atoms with Crippen LogP contribution in [0.3, 0.4) is 0 Å². The molecule has 0 saturated heterocycles. The molecule has 6 nitrogen and oxygen atoms in total. The number of sulfonamides is 1. The summed E-state index contributed by atoms with van der Waals surface area (Å²) < 4.78 is 26.6. The normalized spacial score (nSPS) is 17.4. The molecule has 2 atom stereocenters. The lowest BCUT2D eigenvalue weighted by Crippen LogP contribution is -3.10. The Hall–Kier alpha value is -2.22. The lowest BCUT2D eigenvalue weighted by Gasteiger charge is -2.30. The number of likely N-dealkylation sites (N-methyl/N-ethyl adjacent to an activating group) is 1. The molecule has 1 aliphatic rings. The van der Waals surface area contributed by atoms with Crippen molar-refractivity contribution in [2.75, 3.05) is 32.0 Å². The maximum absolute atomic E-state index is 12.6. The molecule has 0 aromatic heterocycles. The molecule has 1 unspecified atom stereocenters. The van der Waals surface area contributed by atoms with Crippen LogP contribution in [0.5, 0.6) is 0 Å². The molecule has 1 amide bonds. The van der Waals surface area contributed by atoms with Crippen molar-refractivity contribution in [1.82, 2.24) is 4.31 Å². The van der Waals surface area contributed by atoms with Gasteiger partial charge in [0, 0.05) is 30.8 Å². The van der Waals surface area contributed by atoms with Crippen LogP contribution in [0.4, 0.5) is 5.69 Å². The zero-order valence-electron chi connectivity index (χ0n) is 18.0. The van der Waals surface area contributed by atoms with Gasteiger partial charge in [-0.2, -0.15) is 4.31 Å². The van der Waals surface area contributed by atoms with E-state index in [-0.39, 0.29) is 10.8 Å². The first-order valence-electron chi connectivity index (χ1n) is 10.7. The number of benzene rings is 2. The first-order chi connectivity index (χ1) is 14.4. The van der Waals surface area contributed by atoms with Crippen LogP contribution in [-0.4, -0.2) is 45.3 Å². The van der Waals surface area contributed by atoms with Crippen molar-refractivity contribution in [3.63, 3.8) is 0 Å². The Morgan fingerprint density at radius 2 is 1.77 bits per heavy atom. The summed E-state index contributed by atoms with van der Waals surface area (Å²) in [6.45, 7) is 4.85. The van der Waals surface area contributed by atoms with Gasteiger partial charge in [-0.15, -0.1) is 0 Å². The standard InChI is InChI=1S/C23H31N3O3S/c1-4-26(5-2)30(28,29)20-15-13-19(14-16-20)24-23(27)17-25(3)22-12-8-10-18-9-6-7-11-21(18)22/h6-7,9,11,13-16,22H,4-5,8,10,12,17H2,1-3H3,(H,24,27)/p+1/t22-/m0/s1. The zero-order valence-corrected chi connectivity index (χ0v) is 18.8. The van der Waals surface area contributed by atoms with Crippen LogP contribution in [0.2, 0.25) is 0 Å². The second-order valence-corrected chi connectivity index (χ2v) is 9.77. The summed E-state index contributed by atoms with van der Waals surface area (Å²) in [5, 5.41) is 2.90. The third-order valence-corrected chi connectivity index (χ3v) is 7.95. The second-order valence-electron chi connectivity index (χ2n) is 7.83. The number of carbonyl (C=O) groups is 1. The van der Waals surface area contributed by atoms with E-state index in [0.717, 1.165) is 19.3 Å². The van der Waals surface area contributed by atoms with Crippen LogP contribution in [0.25, 0.3) is 0 Å². The Morgan fingerprint density at radius 1 is 1.10 bits per heavy atom. The third kappa shape index (κ3) is 4.91. The van der Waals surface area contributed by atoms with E-state index in [1.54, 1.807) is 24.3 Å². The highest BCUT2D eigenvalue weighted by Crippen LogP contribution is 2.27. The number of nitrogens with one attached hydrogen (secondary N) is 2. The molecule has 1 aliphatic carbocycles. The monoisotopic (exact) mass is 430 g/mol. The van der Waals surface area contributed by atoms with Gasteiger partial charge in [0.2, 0.25) is 10.0 Å². The van der Waals surface area contributed by atoms with Crippen LogP contribution in [0.15, 0.2) is 53.4 Å². The number of anilines is 1. The van der Waals surface area contributed by atoms with Gasteiger partial charge in [-0.05, 0) is 42.7 Å². The lowest BCUT2D eigenvalue weighted by atomic mass is 9.87. The van der Waals surface area contributed by atoms with Gasteiger partial charge in [0.25, 0.3) is 5.91 Å². The molecule has 0 radical (unpaired) electrons. The van der Waals surface area contributed by atoms with Crippen molar-refractivity contribution in [2.24, 2.45) is 0 Å². The van der Waals surface area contributed by atoms with Crippen LogP contribution < -0.4 is 10.2 Å². The van der Waals surface area contributed by atoms with E-state index >= 15 is 0 Å². The van der Waals surface area contributed by atoms with Crippen molar-refractivity contribution >= 4 is 21.6 Å². The number of aryl methyl sites for hydroxylation is 1. The number of amides is 1. The topological polar surface area (TPSA) is 70.9 Å². The number of hydrogen-bond donors (Lipinski definition) is 2. The molecular formula is C23H32N3O3S+. The van der Waals surface area contributed by atoms with E-state index in [4.69, 9.17) is 0 Å². The Balaban J connectivity index is 1.63. The fraction of sp³-hybridized carbons (Fsp3) is 0.435. The number of hydrogen-bond acceptors (Lipinski definition) is 3. The Labute approximate surface area is 179 Å². The number of carbonyl (C=O) groups excluding carboxylic acids is 1. The molecule has 7 heteroatoms. The molecule has 0 spiro atoms. The number of quaternary nitrogens is 1. The predicted octanol–water partition coefficient (Wildman–Crippen LogP) is 2.25. The molecule has 0 saturated carbocycles. The van der Waals surface area contributed by atoms with Gasteiger partial charge in [0.1, 0.15) is 6.04 Å². The van der Waals surface area contributed by atoms with E-state index < -0.39 is 10.0 Å². The summed E-state index contributed by atoms with van der Waals surface area (Å²) >= 11 is 0. The molecule has 0 fully saturated rings. The number of nitrogens with zero attached hydrogens (tertiary/aromatic N) is 1. The summed E-state index contributed by atoms with van der Waals surface area (Å²) in [4.78, 5) is 14.0. The molecule has 2 aromatic carbocycles. The molecule has 0 heterocycles. The van der Waals surface area contributed by atoms with E-state index in [1.807, 2.05) is 13.8 Å². The van der Waals surface area contributed by atoms with Gasteiger partial charge in [0.05, 0.1) is 11.9 Å². The van der Waals surface area contributed by atoms with Crippen LogP contribution >= 0.6 is 0 Å². The van der Waals surface area contributed by atoms with E-state index in [9.17, 15) is 13.2 Å². The summed E-state index contributed by atoms with van der Waals surface area (Å²) in [6, 6.07) is 15.2. The molecule has 0 bridgehead atoms. The lowest BCUT2D eigenvalue weighted by molar-refractivity contribution is -0.905. The SMILES string of the molecule is CCN(CC)S(=O)(=O)c1ccc(NC(=O)C[NH+](C)[C@H]2CCCc3ccccc32)cc1. The Morgan fingerprint density at radius 3 is 2.43 bits per heavy atom. The Bertz CT molecular complexity index is 969. The zero-order chi connectivity index (χ0) is 21.7. The van der Waals surface area contributed by atoms with Crippen LogP contribution in [0.1, 0.15) is 43.9 Å². The first-order valence-corrected chi connectivity index (χ1v) is 12.1. The number of fused-ring (bicyclic) bond motifs is 1. The van der Waals surface area contributed by atoms with Gasteiger partial charge < -0.3 is 10.2 Å². The molecular weight excluding hydrogens is 398 g/mol. The minimum absolute atomic E-state index is 0.0742. The summed E-state index contributed by atoms with van der Waals surface area (Å²) in [5.41, 5.74) is 3.34. The average Bonchev–Trinajstić information content (AvgIpc) is 2.74. The Kier molecular flexibility index (Phi) is 7.28. The molecule has 2 aromatic rings. The summed E-state index contributed by atoms with van der Waals surface area (Å²) in [5.74, 6) is -0.0742. The first kappa shape index (κ1) is 22.5. The minimum atomic E-state index is -3.49. The van der Waals surface area contributed by atoms with Crippen molar-refractivity contribution in [1.29, 1.82) is 0 Å². The number of rotatable bonds is 8. The molecule has 3 rings (SSSR count). The summed E-state index contributed by atoms with van der Waals surface area (Å²) in [6.07, 6.45) is 3.33. The van der Waals surface area contributed by atoms with Crippen LogP contribution in [0, 0.1) is 0 Å². The fourth-order valence-corrected chi connectivity index (χ4v) is 5.73. The second kappa shape index (κ2) is 9.73. The van der Waals surface area contributed by atoms with Crippen molar-refractivity contribution in [3.05, 3.63) is 59.7 Å². The van der Waals surface area contributed by atoms with Gasteiger partial charge >= 0.3 is 0 Å². The van der Waals surface area contributed by atoms with Gasteiger partial charge in [-0.25, -0.2) is 8.42 Å². The molecule has 2 N–H and O–H groups in total. The van der Waals surface area contributed by atoms with Crippen molar-refractivity contribution < 1.29 is 18.1 Å². The van der Waals surface area contributed by atoms with Gasteiger partial charge in [0.15, 0.2) is 6.54 Å².